The first-order valence-electron chi connectivity index (χ1n) is 10.5. The minimum Gasteiger partial charge on any atom is -0.490 e. The summed E-state index contributed by atoms with van der Waals surface area (Å²) >= 11 is 0. The van der Waals surface area contributed by atoms with Gasteiger partial charge in [-0.15, -0.1) is 0 Å². The van der Waals surface area contributed by atoms with Crippen LogP contribution in [0.4, 0.5) is 8.78 Å². The van der Waals surface area contributed by atoms with Crippen LogP contribution < -0.4 is 25.4 Å². The molecule has 9 heteroatoms. The first-order valence-corrected chi connectivity index (χ1v) is 10.5. The molecular weight excluding hydrogens is 394 g/mol. The number of alkyl halides is 2. The molecule has 3 N–H and O–H groups in total. The topological polar surface area (TPSA) is 84.0 Å². The molecule has 30 heavy (non-hydrogen) atoms. The van der Waals surface area contributed by atoms with E-state index in [0.29, 0.717) is 24.7 Å². The average molecular weight is 427 g/mol. The van der Waals surface area contributed by atoms with Crippen LogP contribution in [0, 0.1) is 0 Å². The quantitative estimate of drug-likeness (QED) is 0.395. The normalized spacial score (nSPS) is 15.0. The van der Waals surface area contributed by atoms with Gasteiger partial charge in [-0.1, -0.05) is 31.4 Å². The van der Waals surface area contributed by atoms with Crippen LogP contribution in [0.25, 0.3) is 0 Å². The molecule has 7 nitrogen and oxygen atoms in total. The summed E-state index contributed by atoms with van der Waals surface area (Å²) in [5.41, 5.74) is 0.463. The third-order valence-electron chi connectivity index (χ3n) is 4.71. The van der Waals surface area contributed by atoms with Crippen LogP contribution >= 0.6 is 0 Å². The number of carbonyl (C=O) groups is 1. The van der Waals surface area contributed by atoms with Crippen molar-refractivity contribution in [3.05, 3.63) is 23.8 Å². The van der Waals surface area contributed by atoms with E-state index in [-0.39, 0.29) is 36.5 Å². The first kappa shape index (κ1) is 23.7. The highest BCUT2D eigenvalue weighted by atomic mass is 19.3. The fraction of sp³-hybridized carbons (Fsp3) is 0.619. The van der Waals surface area contributed by atoms with Gasteiger partial charge in [-0.05, 0) is 32.8 Å². The summed E-state index contributed by atoms with van der Waals surface area (Å²) < 4.78 is 35.8. The maximum absolute atomic E-state index is 12.9. The minimum atomic E-state index is -2.97. The van der Waals surface area contributed by atoms with Crippen LogP contribution in [-0.2, 0) is 11.3 Å². The van der Waals surface area contributed by atoms with E-state index in [2.05, 4.69) is 25.7 Å². The lowest BCUT2D eigenvalue weighted by Crippen LogP contribution is -2.46. The van der Waals surface area contributed by atoms with Gasteiger partial charge in [0.25, 0.3) is 0 Å². The number of hydrogen-bond donors (Lipinski definition) is 3. The maximum Gasteiger partial charge on any atom is 0.387 e. The van der Waals surface area contributed by atoms with Crippen LogP contribution in [0.15, 0.2) is 23.2 Å². The molecular formula is C21H32F2N4O3. The Kier molecular flexibility index (Phi) is 10.2. The Morgan fingerprint density at radius 2 is 1.97 bits per heavy atom. The number of nitrogens with zero attached hydrogens (tertiary/aromatic N) is 1. The monoisotopic (exact) mass is 426 g/mol. The molecule has 1 aliphatic carbocycles. The number of rotatable bonds is 10. The average Bonchev–Trinajstić information content (AvgIpc) is 2.72. The summed E-state index contributed by atoms with van der Waals surface area (Å²) in [6, 6.07) is 5.17. The highest BCUT2D eigenvalue weighted by Gasteiger charge is 2.17. The van der Waals surface area contributed by atoms with Crippen LogP contribution in [0.3, 0.4) is 0 Å². The summed E-state index contributed by atoms with van der Waals surface area (Å²) in [5, 5.41) is 9.08. The number of carbonyl (C=O) groups excluding carboxylic acids is 1. The van der Waals surface area contributed by atoms with Gasteiger partial charge < -0.3 is 25.4 Å². The molecule has 2 rings (SSSR count). The van der Waals surface area contributed by atoms with Gasteiger partial charge in [-0.3, -0.25) is 4.79 Å². The number of guanidine groups is 1. The lowest BCUT2D eigenvalue weighted by atomic mass is 9.95. The smallest absolute Gasteiger partial charge is 0.387 e. The number of aliphatic imine (C=N–C) groups is 1. The summed E-state index contributed by atoms with van der Waals surface area (Å²) in [5.74, 6) is 0.549. The van der Waals surface area contributed by atoms with Crippen molar-refractivity contribution in [2.75, 3.05) is 19.7 Å². The molecule has 0 aromatic heterocycles. The summed E-state index contributed by atoms with van der Waals surface area (Å²) in [7, 11) is 0. The summed E-state index contributed by atoms with van der Waals surface area (Å²) in [6.45, 7) is 1.79. The van der Waals surface area contributed by atoms with E-state index in [1.807, 2.05) is 6.92 Å². The van der Waals surface area contributed by atoms with Gasteiger partial charge in [-0.2, -0.15) is 8.78 Å². The zero-order chi connectivity index (χ0) is 21.8. The third kappa shape index (κ3) is 8.04. The molecule has 1 aromatic carbocycles. The van der Waals surface area contributed by atoms with E-state index in [9.17, 15) is 13.6 Å². The molecule has 1 aromatic rings. The SMILES string of the molecule is CCNC(=NCc1cccc(OCC)c1OC(F)F)NCC(=O)NC1CCCCC1. The van der Waals surface area contributed by atoms with Gasteiger partial charge in [0.1, 0.15) is 0 Å². The van der Waals surface area contributed by atoms with Crippen LogP contribution in [-0.4, -0.2) is 44.2 Å². The van der Waals surface area contributed by atoms with E-state index in [1.54, 1.807) is 25.1 Å². The molecule has 1 saturated carbocycles. The molecule has 0 spiro atoms. The molecule has 1 fully saturated rings. The molecule has 0 unspecified atom stereocenters. The number of amides is 1. The van der Waals surface area contributed by atoms with Gasteiger partial charge >= 0.3 is 6.61 Å². The Labute approximate surface area is 176 Å². The van der Waals surface area contributed by atoms with E-state index in [0.717, 1.165) is 25.7 Å². The van der Waals surface area contributed by atoms with E-state index < -0.39 is 6.61 Å². The number of para-hydroxylation sites is 1. The highest BCUT2D eigenvalue weighted by molar-refractivity contribution is 5.86. The molecule has 168 valence electrons. The lowest BCUT2D eigenvalue weighted by molar-refractivity contribution is -0.120. The number of nitrogens with one attached hydrogen (secondary N) is 3. The van der Waals surface area contributed by atoms with E-state index in [1.165, 1.54) is 6.42 Å². The largest absolute Gasteiger partial charge is 0.490 e. The highest BCUT2D eigenvalue weighted by Crippen LogP contribution is 2.33. The zero-order valence-electron chi connectivity index (χ0n) is 17.7. The molecule has 0 bridgehead atoms. The van der Waals surface area contributed by atoms with Gasteiger partial charge in [0.2, 0.25) is 5.91 Å². The van der Waals surface area contributed by atoms with Crippen molar-refractivity contribution in [2.24, 2.45) is 4.99 Å². The fourth-order valence-electron chi connectivity index (χ4n) is 3.37. The first-order chi connectivity index (χ1) is 14.5. The molecule has 0 radical (unpaired) electrons. The Morgan fingerprint density at radius 3 is 2.63 bits per heavy atom. The van der Waals surface area contributed by atoms with Gasteiger partial charge in [0, 0.05) is 18.2 Å². The van der Waals surface area contributed by atoms with Gasteiger partial charge in [0.15, 0.2) is 17.5 Å². The molecule has 0 heterocycles. The van der Waals surface area contributed by atoms with Crippen molar-refractivity contribution >= 4 is 11.9 Å². The maximum atomic E-state index is 12.9. The van der Waals surface area contributed by atoms with Crippen molar-refractivity contribution in [3.8, 4) is 11.5 Å². The molecule has 0 saturated heterocycles. The van der Waals surface area contributed by atoms with Crippen molar-refractivity contribution in [1.82, 2.24) is 16.0 Å². The van der Waals surface area contributed by atoms with Crippen LogP contribution in [0.1, 0.15) is 51.5 Å². The number of hydrogen-bond acceptors (Lipinski definition) is 4. The number of ether oxygens (including phenoxy) is 2. The minimum absolute atomic E-state index is 0.0241. The van der Waals surface area contributed by atoms with Gasteiger partial charge in [0.05, 0.1) is 19.7 Å². The number of halogens is 2. The number of benzene rings is 1. The van der Waals surface area contributed by atoms with Gasteiger partial charge in [-0.25, -0.2) is 4.99 Å². The molecule has 0 atom stereocenters. The Bertz CT molecular complexity index is 695. The third-order valence-corrected chi connectivity index (χ3v) is 4.71. The van der Waals surface area contributed by atoms with Crippen molar-refractivity contribution < 1.29 is 23.0 Å². The fourth-order valence-corrected chi connectivity index (χ4v) is 3.37. The summed E-state index contributed by atoms with van der Waals surface area (Å²) in [4.78, 5) is 16.6. The second-order valence-corrected chi connectivity index (χ2v) is 7.01. The van der Waals surface area contributed by atoms with Crippen LogP contribution in [0.5, 0.6) is 11.5 Å². The van der Waals surface area contributed by atoms with Crippen molar-refractivity contribution in [2.45, 2.75) is 65.1 Å². The standard InChI is InChI=1S/C21H32F2N4O3/c1-3-24-21(26-14-18(28)27-16-10-6-5-7-11-16)25-13-15-9-8-12-17(29-4-2)19(15)30-20(22)23/h8-9,12,16,20H,3-7,10-11,13-14H2,1-2H3,(H,27,28)(H2,24,25,26). The predicted octanol–water partition coefficient (Wildman–Crippen LogP) is 3.19. The molecule has 1 aliphatic rings. The second kappa shape index (κ2) is 12.9. The van der Waals surface area contributed by atoms with Crippen LogP contribution in [0.2, 0.25) is 0 Å². The Morgan fingerprint density at radius 1 is 1.20 bits per heavy atom. The van der Waals surface area contributed by atoms with E-state index >= 15 is 0 Å². The second-order valence-electron chi connectivity index (χ2n) is 7.01. The van der Waals surface area contributed by atoms with E-state index in [4.69, 9.17) is 4.74 Å². The van der Waals surface area contributed by atoms with Crippen molar-refractivity contribution in [3.63, 3.8) is 0 Å². The molecule has 1 amide bonds. The Hall–Kier alpha value is -2.58. The zero-order valence-corrected chi connectivity index (χ0v) is 17.7. The summed E-state index contributed by atoms with van der Waals surface area (Å²) in [6.07, 6.45) is 5.55. The predicted molar refractivity (Wildman–Crippen MR) is 112 cm³/mol. The lowest BCUT2D eigenvalue weighted by Gasteiger charge is -2.23. The molecule has 0 aliphatic heterocycles. The van der Waals surface area contributed by atoms with Crippen molar-refractivity contribution in [1.29, 1.82) is 0 Å². The Balaban J connectivity index is 2.00.